The minimum atomic E-state index is -0.762. The van der Waals surface area contributed by atoms with Gasteiger partial charge in [0.25, 0.3) is 5.91 Å². The summed E-state index contributed by atoms with van der Waals surface area (Å²) in [5, 5.41) is 12.6. The second-order valence-electron chi connectivity index (χ2n) is 4.52. The summed E-state index contributed by atoms with van der Waals surface area (Å²) < 4.78 is 3.76. The van der Waals surface area contributed by atoms with Gasteiger partial charge in [-0.15, -0.1) is 5.10 Å². The Hall–Kier alpha value is -1.50. The molecule has 1 saturated heterocycles. The van der Waals surface area contributed by atoms with Crippen LogP contribution in [0.1, 0.15) is 34.6 Å². The molecule has 1 aliphatic rings. The number of carbonyl (C=O) groups excluding carboxylic acids is 1. The van der Waals surface area contributed by atoms with Gasteiger partial charge in [0.1, 0.15) is 4.88 Å². The topological polar surface area (TPSA) is 83.4 Å². The SMILES string of the molecule is Cc1nnsc1C(=O)N1CCC(CC(=O)O)CC1. The highest BCUT2D eigenvalue weighted by Gasteiger charge is 2.26. The number of carboxylic acid groups (broad SMARTS) is 1. The van der Waals surface area contributed by atoms with Crippen LogP contribution in [0.5, 0.6) is 0 Å². The van der Waals surface area contributed by atoms with Gasteiger partial charge < -0.3 is 10.0 Å². The molecule has 1 N–H and O–H groups in total. The maximum atomic E-state index is 12.2. The monoisotopic (exact) mass is 269 g/mol. The first-order chi connectivity index (χ1) is 8.58. The van der Waals surface area contributed by atoms with Crippen molar-refractivity contribution in [1.29, 1.82) is 0 Å². The van der Waals surface area contributed by atoms with Crippen LogP contribution in [0.3, 0.4) is 0 Å². The van der Waals surface area contributed by atoms with Gasteiger partial charge >= 0.3 is 5.97 Å². The molecule has 18 heavy (non-hydrogen) atoms. The fourth-order valence-electron chi connectivity index (χ4n) is 2.16. The molecular formula is C11H15N3O3S. The molecule has 1 fully saturated rings. The number of likely N-dealkylation sites (tertiary alicyclic amines) is 1. The highest BCUT2D eigenvalue weighted by atomic mass is 32.1. The summed E-state index contributed by atoms with van der Waals surface area (Å²) in [4.78, 5) is 25.1. The van der Waals surface area contributed by atoms with E-state index < -0.39 is 5.97 Å². The number of hydrogen-bond donors (Lipinski definition) is 1. The van der Waals surface area contributed by atoms with Crippen molar-refractivity contribution in [3.63, 3.8) is 0 Å². The lowest BCUT2D eigenvalue weighted by atomic mass is 9.93. The van der Waals surface area contributed by atoms with Crippen LogP contribution < -0.4 is 0 Å². The van der Waals surface area contributed by atoms with Crippen molar-refractivity contribution in [2.45, 2.75) is 26.2 Å². The first kappa shape index (κ1) is 12.9. The Morgan fingerprint density at radius 1 is 1.44 bits per heavy atom. The summed E-state index contributed by atoms with van der Waals surface area (Å²) in [5.41, 5.74) is 0.664. The maximum absolute atomic E-state index is 12.2. The van der Waals surface area contributed by atoms with Crippen LogP contribution in [0, 0.1) is 12.8 Å². The molecule has 0 radical (unpaired) electrons. The number of hydrogen-bond acceptors (Lipinski definition) is 5. The van der Waals surface area contributed by atoms with Crippen molar-refractivity contribution >= 4 is 23.4 Å². The van der Waals surface area contributed by atoms with Crippen LogP contribution in [0.15, 0.2) is 0 Å². The van der Waals surface area contributed by atoms with Crippen molar-refractivity contribution < 1.29 is 14.7 Å². The third-order valence-corrected chi connectivity index (χ3v) is 4.03. The van der Waals surface area contributed by atoms with E-state index in [0.29, 0.717) is 23.7 Å². The lowest BCUT2D eigenvalue weighted by molar-refractivity contribution is -0.138. The largest absolute Gasteiger partial charge is 0.481 e. The maximum Gasteiger partial charge on any atom is 0.303 e. The van der Waals surface area contributed by atoms with Gasteiger partial charge in [-0.25, -0.2) is 0 Å². The minimum absolute atomic E-state index is 0.0312. The molecule has 0 atom stereocenters. The summed E-state index contributed by atoms with van der Waals surface area (Å²) in [6, 6.07) is 0. The molecule has 1 aromatic heterocycles. The number of aromatic nitrogens is 2. The molecule has 2 rings (SSSR count). The molecule has 7 heteroatoms. The predicted octanol–water partition coefficient (Wildman–Crippen LogP) is 1.17. The highest BCUT2D eigenvalue weighted by molar-refractivity contribution is 7.07. The van der Waals surface area contributed by atoms with Gasteiger partial charge in [0, 0.05) is 19.5 Å². The normalized spacial score (nSPS) is 16.8. The number of nitrogens with zero attached hydrogens (tertiary/aromatic N) is 3. The van der Waals surface area contributed by atoms with Gasteiger partial charge in [-0.3, -0.25) is 9.59 Å². The lowest BCUT2D eigenvalue weighted by Gasteiger charge is -2.31. The Morgan fingerprint density at radius 2 is 2.11 bits per heavy atom. The molecule has 0 saturated carbocycles. The van der Waals surface area contributed by atoms with Gasteiger partial charge in [-0.2, -0.15) is 0 Å². The first-order valence-electron chi connectivity index (χ1n) is 5.88. The zero-order valence-corrected chi connectivity index (χ0v) is 10.9. The second-order valence-corrected chi connectivity index (χ2v) is 5.28. The molecule has 0 bridgehead atoms. The summed E-state index contributed by atoms with van der Waals surface area (Å²) in [7, 11) is 0. The van der Waals surface area contributed by atoms with Gasteiger partial charge in [0.2, 0.25) is 0 Å². The Morgan fingerprint density at radius 3 is 2.61 bits per heavy atom. The molecule has 6 nitrogen and oxygen atoms in total. The van der Waals surface area contributed by atoms with Crippen molar-refractivity contribution in [3.05, 3.63) is 10.6 Å². The van der Waals surface area contributed by atoms with Crippen LogP contribution in [-0.4, -0.2) is 44.6 Å². The van der Waals surface area contributed by atoms with E-state index in [1.807, 2.05) is 0 Å². The molecule has 1 amide bonds. The minimum Gasteiger partial charge on any atom is -0.481 e. The molecule has 2 heterocycles. The molecule has 1 aromatic rings. The van der Waals surface area contributed by atoms with Gasteiger partial charge in [0.05, 0.1) is 5.69 Å². The van der Waals surface area contributed by atoms with Crippen LogP contribution >= 0.6 is 11.5 Å². The average Bonchev–Trinajstić information content (AvgIpc) is 2.75. The third-order valence-electron chi connectivity index (χ3n) is 3.21. The Bertz CT molecular complexity index is 452. The fourth-order valence-corrected chi connectivity index (χ4v) is 2.78. The summed E-state index contributed by atoms with van der Waals surface area (Å²) >= 11 is 1.12. The number of carboxylic acids is 1. The Balaban J connectivity index is 1.92. The van der Waals surface area contributed by atoms with E-state index in [-0.39, 0.29) is 18.2 Å². The second kappa shape index (κ2) is 5.43. The van der Waals surface area contributed by atoms with Crippen LogP contribution in [-0.2, 0) is 4.79 Å². The van der Waals surface area contributed by atoms with Crippen LogP contribution in [0.2, 0.25) is 0 Å². The Kier molecular flexibility index (Phi) is 3.90. The van der Waals surface area contributed by atoms with E-state index in [0.717, 1.165) is 24.4 Å². The molecule has 1 aliphatic heterocycles. The summed E-state index contributed by atoms with van der Waals surface area (Å²) in [6.07, 6.45) is 1.70. The standard InChI is InChI=1S/C11H15N3O3S/c1-7-10(18-13-12-7)11(17)14-4-2-8(3-5-14)6-9(15)16/h8H,2-6H2,1H3,(H,15,16). The number of aryl methyl sites for hydroxylation is 1. The highest BCUT2D eigenvalue weighted by Crippen LogP contribution is 2.23. The smallest absolute Gasteiger partial charge is 0.303 e. The van der Waals surface area contributed by atoms with Gasteiger partial charge in [0.15, 0.2) is 0 Å². The zero-order chi connectivity index (χ0) is 13.1. The molecule has 0 aromatic carbocycles. The van der Waals surface area contributed by atoms with Crippen molar-refractivity contribution in [3.8, 4) is 0 Å². The molecule has 0 spiro atoms. The van der Waals surface area contributed by atoms with Crippen molar-refractivity contribution in [2.75, 3.05) is 13.1 Å². The van der Waals surface area contributed by atoms with E-state index >= 15 is 0 Å². The van der Waals surface area contributed by atoms with E-state index in [4.69, 9.17) is 5.11 Å². The average molecular weight is 269 g/mol. The first-order valence-corrected chi connectivity index (χ1v) is 6.65. The molecule has 0 unspecified atom stereocenters. The molecular weight excluding hydrogens is 254 g/mol. The quantitative estimate of drug-likeness (QED) is 0.890. The predicted molar refractivity (Wildman–Crippen MR) is 65.5 cm³/mol. The number of aliphatic carboxylic acids is 1. The van der Waals surface area contributed by atoms with E-state index in [9.17, 15) is 9.59 Å². The number of carbonyl (C=O) groups is 2. The number of piperidine rings is 1. The van der Waals surface area contributed by atoms with E-state index in [2.05, 4.69) is 9.59 Å². The molecule has 0 aliphatic carbocycles. The van der Waals surface area contributed by atoms with E-state index in [1.165, 1.54) is 0 Å². The Labute approximate surface area is 109 Å². The van der Waals surface area contributed by atoms with Crippen molar-refractivity contribution in [1.82, 2.24) is 14.5 Å². The van der Waals surface area contributed by atoms with Crippen molar-refractivity contribution in [2.24, 2.45) is 5.92 Å². The third kappa shape index (κ3) is 2.84. The van der Waals surface area contributed by atoms with Gasteiger partial charge in [-0.1, -0.05) is 4.49 Å². The zero-order valence-electron chi connectivity index (χ0n) is 10.1. The fraction of sp³-hybridized carbons (Fsp3) is 0.636. The van der Waals surface area contributed by atoms with Crippen LogP contribution in [0.25, 0.3) is 0 Å². The summed E-state index contributed by atoms with van der Waals surface area (Å²) in [6.45, 7) is 3.01. The van der Waals surface area contributed by atoms with Gasteiger partial charge in [-0.05, 0) is 37.2 Å². The molecule has 98 valence electrons. The van der Waals surface area contributed by atoms with Crippen LogP contribution in [0.4, 0.5) is 0 Å². The lowest BCUT2D eigenvalue weighted by Crippen LogP contribution is -2.38. The number of rotatable bonds is 3. The summed E-state index contributed by atoms with van der Waals surface area (Å²) in [5.74, 6) is -0.606. The van der Waals surface area contributed by atoms with E-state index in [1.54, 1.807) is 11.8 Å². The number of amides is 1.